The zero-order valence-corrected chi connectivity index (χ0v) is 11.4. The highest BCUT2D eigenvalue weighted by molar-refractivity contribution is 5.83. The number of nitrogens with one attached hydrogen (secondary N) is 1. The van der Waals surface area contributed by atoms with Gasteiger partial charge in [0.15, 0.2) is 0 Å². The molecule has 1 saturated carbocycles. The van der Waals surface area contributed by atoms with Gasteiger partial charge in [0.05, 0.1) is 11.7 Å². The van der Waals surface area contributed by atoms with E-state index in [1.54, 1.807) is 0 Å². The Morgan fingerprint density at radius 2 is 2.05 bits per heavy atom. The maximum absolute atomic E-state index is 4.81. The van der Waals surface area contributed by atoms with E-state index in [2.05, 4.69) is 39.1 Å². The molecular formula is C16H16N4. The molecule has 1 N–H and O–H groups in total. The number of nitrogens with zero attached hydrogens (tertiary/aromatic N) is 3. The first-order valence-corrected chi connectivity index (χ1v) is 6.97. The van der Waals surface area contributed by atoms with Crippen molar-refractivity contribution in [3.05, 3.63) is 42.7 Å². The summed E-state index contributed by atoms with van der Waals surface area (Å²) in [6.45, 7) is 0. The molecule has 0 spiro atoms. The number of benzene rings is 1. The van der Waals surface area contributed by atoms with Gasteiger partial charge in [-0.3, -0.25) is 4.98 Å². The van der Waals surface area contributed by atoms with Crippen molar-refractivity contribution in [1.29, 1.82) is 0 Å². The average molecular weight is 264 g/mol. The zero-order chi connectivity index (χ0) is 13.5. The van der Waals surface area contributed by atoms with Crippen LogP contribution in [0.25, 0.3) is 22.4 Å². The van der Waals surface area contributed by atoms with Crippen molar-refractivity contribution in [2.75, 3.05) is 12.4 Å². The highest BCUT2D eigenvalue weighted by Crippen LogP contribution is 2.42. The predicted molar refractivity (Wildman–Crippen MR) is 80.8 cm³/mol. The Kier molecular flexibility index (Phi) is 2.49. The summed E-state index contributed by atoms with van der Waals surface area (Å²) < 4.78 is 2.37. The lowest BCUT2D eigenvalue weighted by molar-refractivity contribution is 0.775. The minimum absolute atomic E-state index is 0.585. The molecular weight excluding hydrogens is 248 g/mol. The minimum atomic E-state index is 0.585. The van der Waals surface area contributed by atoms with E-state index in [-0.39, 0.29) is 0 Å². The molecule has 4 heteroatoms. The topological polar surface area (TPSA) is 42.7 Å². The number of pyridine rings is 1. The Bertz CT molecular complexity index is 771. The first-order valence-electron chi connectivity index (χ1n) is 6.97. The summed E-state index contributed by atoms with van der Waals surface area (Å²) >= 11 is 0. The van der Waals surface area contributed by atoms with Gasteiger partial charge < -0.3 is 9.88 Å². The van der Waals surface area contributed by atoms with Crippen molar-refractivity contribution in [2.45, 2.75) is 18.9 Å². The fraction of sp³-hybridized carbons (Fsp3) is 0.250. The Morgan fingerprint density at radius 3 is 2.85 bits per heavy atom. The van der Waals surface area contributed by atoms with Crippen molar-refractivity contribution < 1.29 is 0 Å². The molecule has 0 amide bonds. The van der Waals surface area contributed by atoms with Crippen molar-refractivity contribution in [3.63, 3.8) is 0 Å². The molecule has 100 valence electrons. The molecule has 2 aromatic heterocycles. The van der Waals surface area contributed by atoms with Gasteiger partial charge in [-0.25, -0.2) is 4.98 Å². The van der Waals surface area contributed by atoms with Gasteiger partial charge in [0.1, 0.15) is 11.3 Å². The van der Waals surface area contributed by atoms with E-state index in [1.807, 2.05) is 25.5 Å². The Balaban J connectivity index is 2.01. The van der Waals surface area contributed by atoms with Gasteiger partial charge in [0.2, 0.25) is 0 Å². The van der Waals surface area contributed by atoms with Crippen LogP contribution in [0.4, 0.5) is 5.69 Å². The van der Waals surface area contributed by atoms with Gasteiger partial charge in [0.25, 0.3) is 0 Å². The summed E-state index contributed by atoms with van der Waals surface area (Å²) in [4.78, 5) is 9.01. The number of fused-ring (bicyclic) bond motifs is 1. The molecule has 4 nitrogen and oxygen atoms in total. The van der Waals surface area contributed by atoms with Crippen molar-refractivity contribution in [2.24, 2.45) is 0 Å². The molecule has 1 fully saturated rings. The smallest absolute Gasteiger partial charge is 0.143 e. The first kappa shape index (κ1) is 11.5. The van der Waals surface area contributed by atoms with Crippen LogP contribution in [0, 0.1) is 0 Å². The quantitative estimate of drug-likeness (QED) is 0.787. The van der Waals surface area contributed by atoms with Gasteiger partial charge in [0, 0.05) is 30.5 Å². The first-order chi connectivity index (χ1) is 9.88. The number of rotatable bonds is 3. The second kappa shape index (κ2) is 4.34. The molecule has 1 aromatic carbocycles. The molecule has 3 aromatic rings. The minimum Gasteiger partial charge on any atom is -0.388 e. The van der Waals surface area contributed by atoms with Crippen molar-refractivity contribution in [3.8, 4) is 11.4 Å². The molecule has 0 atom stereocenters. The third-order valence-corrected chi connectivity index (χ3v) is 3.84. The summed E-state index contributed by atoms with van der Waals surface area (Å²) in [5.74, 6) is 1.04. The molecule has 4 rings (SSSR count). The molecule has 0 unspecified atom stereocenters. The van der Waals surface area contributed by atoms with E-state index in [1.165, 1.54) is 18.4 Å². The van der Waals surface area contributed by atoms with E-state index in [0.29, 0.717) is 6.04 Å². The number of hydrogen-bond donors (Lipinski definition) is 1. The van der Waals surface area contributed by atoms with Crippen molar-refractivity contribution in [1.82, 2.24) is 14.5 Å². The maximum Gasteiger partial charge on any atom is 0.143 e. The molecule has 1 aliphatic carbocycles. The standard InChI is InChI=1S/C16H16N4/c1-17-13-5-3-2-4-12(13)16-19-14-10-18-9-8-15(14)20(16)11-6-7-11/h2-5,8-11,17H,6-7H2,1H3. The average Bonchev–Trinajstić information content (AvgIpc) is 3.27. The number of hydrogen-bond acceptors (Lipinski definition) is 3. The predicted octanol–water partition coefficient (Wildman–Crippen LogP) is 3.47. The lowest BCUT2D eigenvalue weighted by atomic mass is 10.1. The van der Waals surface area contributed by atoms with Crippen LogP contribution in [0.5, 0.6) is 0 Å². The van der Waals surface area contributed by atoms with E-state index >= 15 is 0 Å². The zero-order valence-electron chi connectivity index (χ0n) is 11.4. The Labute approximate surface area is 117 Å². The van der Waals surface area contributed by atoms with Crippen LogP contribution in [-0.4, -0.2) is 21.6 Å². The Hall–Kier alpha value is -2.36. The van der Waals surface area contributed by atoms with Crippen LogP contribution >= 0.6 is 0 Å². The lowest BCUT2D eigenvalue weighted by Gasteiger charge is -2.11. The molecule has 0 radical (unpaired) electrons. The summed E-state index contributed by atoms with van der Waals surface area (Å²) in [5.41, 5.74) is 4.42. The lowest BCUT2D eigenvalue weighted by Crippen LogP contribution is -2.00. The fourth-order valence-corrected chi connectivity index (χ4v) is 2.74. The molecule has 0 bridgehead atoms. The SMILES string of the molecule is CNc1ccccc1-c1nc2cnccc2n1C1CC1. The summed E-state index contributed by atoms with van der Waals surface area (Å²) in [7, 11) is 1.95. The molecule has 1 aliphatic rings. The molecule has 0 saturated heterocycles. The van der Waals surface area contributed by atoms with Gasteiger partial charge >= 0.3 is 0 Å². The van der Waals surface area contributed by atoms with Gasteiger partial charge in [-0.2, -0.15) is 0 Å². The van der Waals surface area contributed by atoms with Crippen LogP contribution < -0.4 is 5.32 Å². The Morgan fingerprint density at radius 1 is 1.20 bits per heavy atom. The van der Waals surface area contributed by atoms with Gasteiger partial charge in [-0.05, 0) is 31.0 Å². The van der Waals surface area contributed by atoms with Gasteiger partial charge in [-0.15, -0.1) is 0 Å². The third-order valence-electron chi connectivity index (χ3n) is 3.84. The van der Waals surface area contributed by atoms with E-state index < -0.39 is 0 Å². The van der Waals surface area contributed by atoms with Gasteiger partial charge in [-0.1, -0.05) is 12.1 Å². The number of imidazole rings is 1. The van der Waals surface area contributed by atoms with E-state index in [9.17, 15) is 0 Å². The largest absolute Gasteiger partial charge is 0.388 e. The van der Waals surface area contributed by atoms with Crippen LogP contribution in [0.1, 0.15) is 18.9 Å². The summed E-state index contributed by atoms with van der Waals surface area (Å²) in [5, 5.41) is 3.26. The third kappa shape index (κ3) is 1.68. The number of aromatic nitrogens is 3. The van der Waals surface area contributed by atoms with E-state index in [0.717, 1.165) is 22.6 Å². The molecule has 0 aliphatic heterocycles. The second-order valence-electron chi connectivity index (χ2n) is 5.20. The second-order valence-corrected chi connectivity index (χ2v) is 5.20. The maximum atomic E-state index is 4.81. The van der Waals surface area contributed by atoms with Crippen LogP contribution in [-0.2, 0) is 0 Å². The highest BCUT2D eigenvalue weighted by atomic mass is 15.1. The summed E-state index contributed by atoms with van der Waals surface area (Å²) in [6, 6.07) is 11.0. The highest BCUT2D eigenvalue weighted by Gasteiger charge is 2.29. The molecule has 2 heterocycles. The fourth-order valence-electron chi connectivity index (χ4n) is 2.74. The molecule has 20 heavy (non-hydrogen) atoms. The van der Waals surface area contributed by atoms with Crippen LogP contribution in [0.15, 0.2) is 42.7 Å². The van der Waals surface area contributed by atoms with Crippen LogP contribution in [0.3, 0.4) is 0 Å². The monoisotopic (exact) mass is 264 g/mol. The normalized spacial score (nSPS) is 14.7. The number of anilines is 1. The van der Waals surface area contributed by atoms with Crippen molar-refractivity contribution >= 4 is 16.7 Å². The number of para-hydroxylation sites is 1. The van der Waals surface area contributed by atoms with E-state index in [4.69, 9.17) is 4.98 Å². The summed E-state index contributed by atoms with van der Waals surface area (Å²) in [6.07, 6.45) is 6.17. The van der Waals surface area contributed by atoms with Crippen LogP contribution in [0.2, 0.25) is 0 Å².